The van der Waals surface area contributed by atoms with E-state index in [1.54, 1.807) is 24.3 Å². The summed E-state index contributed by atoms with van der Waals surface area (Å²) in [6.45, 7) is 0. The number of carbonyl (C=O) groups is 2. The second kappa shape index (κ2) is 7.61. The van der Waals surface area contributed by atoms with Gasteiger partial charge in [-0.1, -0.05) is 18.2 Å². The van der Waals surface area contributed by atoms with Crippen LogP contribution in [0.4, 0.5) is 5.69 Å². The highest BCUT2D eigenvalue weighted by atomic mass is 16.5. The number of carboxylic acid groups (broad SMARTS) is 1. The normalized spacial score (nSPS) is 9.70. The minimum atomic E-state index is -1.04. The second-order valence-corrected chi connectivity index (χ2v) is 4.68. The van der Waals surface area contributed by atoms with E-state index in [-0.39, 0.29) is 18.4 Å². The molecular weight excluding hydrogens is 296 g/mol. The zero-order chi connectivity index (χ0) is 16.7. The second-order valence-electron chi connectivity index (χ2n) is 4.68. The van der Waals surface area contributed by atoms with Crippen LogP contribution in [0.5, 0.6) is 11.5 Å². The number of nitrogens with one attached hydrogen (secondary N) is 1. The SMILES string of the molecule is N#Cc1cc(NC(=O)CCC(=O)O)ccc1Oc1ccccc1. The monoisotopic (exact) mass is 310 g/mol. The van der Waals surface area contributed by atoms with Crippen LogP contribution in [-0.4, -0.2) is 17.0 Å². The molecule has 0 saturated heterocycles. The molecule has 0 bridgehead atoms. The Hall–Kier alpha value is -3.33. The lowest BCUT2D eigenvalue weighted by molar-refractivity contribution is -0.138. The maximum atomic E-state index is 11.6. The van der Waals surface area contributed by atoms with E-state index < -0.39 is 11.9 Å². The number of hydrogen-bond acceptors (Lipinski definition) is 4. The average molecular weight is 310 g/mol. The smallest absolute Gasteiger partial charge is 0.303 e. The van der Waals surface area contributed by atoms with Crippen LogP contribution >= 0.6 is 0 Å². The van der Waals surface area contributed by atoms with Crippen LogP contribution in [0.2, 0.25) is 0 Å². The summed E-state index contributed by atoms with van der Waals surface area (Å²) in [5.41, 5.74) is 0.683. The van der Waals surface area contributed by atoms with Gasteiger partial charge >= 0.3 is 5.97 Å². The molecule has 0 fully saturated rings. The molecule has 0 aromatic heterocycles. The number of anilines is 1. The van der Waals surface area contributed by atoms with Gasteiger partial charge in [0.1, 0.15) is 17.6 Å². The van der Waals surface area contributed by atoms with E-state index in [2.05, 4.69) is 5.32 Å². The molecule has 0 aliphatic carbocycles. The summed E-state index contributed by atoms with van der Waals surface area (Å²) >= 11 is 0. The van der Waals surface area contributed by atoms with Gasteiger partial charge in [0.2, 0.25) is 5.91 Å². The number of nitriles is 1. The van der Waals surface area contributed by atoms with Crippen LogP contribution < -0.4 is 10.1 Å². The van der Waals surface area contributed by atoms with E-state index in [1.807, 2.05) is 24.3 Å². The van der Waals surface area contributed by atoms with Gasteiger partial charge in [-0.15, -0.1) is 0 Å². The largest absolute Gasteiger partial charge is 0.481 e. The van der Waals surface area contributed by atoms with E-state index in [9.17, 15) is 14.9 Å². The average Bonchev–Trinajstić information content (AvgIpc) is 2.55. The molecule has 23 heavy (non-hydrogen) atoms. The van der Waals surface area contributed by atoms with E-state index in [0.29, 0.717) is 17.2 Å². The molecule has 0 unspecified atom stereocenters. The number of aliphatic carboxylic acids is 1. The van der Waals surface area contributed by atoms with E-state index in [0.717, 1.165) is 0 Å². The summed E-state index contributed by atoms with van der Waals surface area (Å²) in [4.78, 5) is 22.0. The molecule has 0 aliphatic heterocycles. The molecule has 0 atom stereocenters. The third kappa shape index (κ3) is 4.86. The fraction of sp³-hybridized carbons (Fsp3) is 0.118. The summed E-state index contributed by atoms with van der Waals surface area (Å²) in [5, 5.41) is 20.3. The van der Waals surface area contributed by atoms with Crippen LogP contribution in [-0.2, 0) is 9.59 Å². The molecule has 2 aromatic rings. The standard InChI is InChI=1S/C17H14N2O4/c18-11-12-10-13(19-16(20)8-9-17(21)22)6-7-15(12)23-14-4-2-1-3-5-14/h1-7,10H,8-9H2,(H,19,20)(H,21,22). The van der Waals surface area contributed by atoms with Crippen molar-refractivity contribution in [3.63, 3.8) is 0 Å². The molecule has 1 amide bonds. The first kappa shape index (κ1) is 16.0. The Balaban J connectivity index is 2.09. The molecule has 0 spiro atoms. The van der Waals surface area contributed by atoms with Gasteiger partial charge in [-0.05, 0) is 30.3 Å². The maximum absolute atomic E-state index is 11.6. The van der Waals surface area contributed by atoms with E-state index in [1.165, 1.54) is 6.07 Å². The Bertz CT molecular complexity index is 751. The van der Waals surface area contributed by atoms with Crippen molar-refractivity contribution in [2.24, 2.45) is 0 Å². The zero-order valence-electron chi connectivity index (χ0n) is 12.2. The van der Waals surface area contributed by atoms with Crippen LogP contribution in [0.1, 0.15) is 18.4 Å². The lowest BCUT2D eigenvalue weighted by atomic mass is 10.2. The fourth-order valence-corrected chi connectivity index (χ4v) is 1.84. The van der Waals surface area contributed by atoms with Gasteiger partial charge in [-0.25, -0.2) is 0 Å². The van der Waals surface area contributed by atoms with Crippen molar-refractivity contribution in [3.8, 4) is 17.6 Å². The number of carbonyl (C=O) groups excluding carboxylic acids is 1. The number of hydrogen-bond donors (Lipinski definition) is 2. The minimum absolute atomic E-state index is 0.126. The third-order valence-electron chi connectivity index (χ3n) is 2.92. The first-order valence-corrected chi connectivity index (χ1v) is 6.87. The van der Waals surface area contributed by atoms with Gasteiger partial charge in [0.15, 0.2) is 0 Å². The lowest BCUT2D eigenvalue weighted by Crippen LogP contribution is -2.13. The summed E-state index contributed by atoms with van der Waals surface area (Å²) in [5.74, 6) is -0.484. The molecule has 2 rings (SSSR count). The Morgan fingerprint density at radius 2 is 1.87 bits per heavy atom. The highest BCUT2D eigenvalue weighted by molar-refractivity contribution is 5.92. The van der Waals surface area contributed by atoms with Crippen molar-refractivity contribution < 1.29 is 19.4 Å². The highest BCUT2D eigenvalue weighted by Crippen LogP contribution is 2.27. The Labute approximate surface area is 132 Å². The number of carboxylic acids is 1. The Morgan fingerprint density at radius 3 is 2.52 bits per heavy atom. The molecule has 0 radical (unpaired) electrons. The van der Waals surface area contributed by atoms with E-state index >= 15 is 0 Å². The predicted molar refractivity (Wildman–Crippen MR) is 83.2 cm³/mol. The topological polar surface area (TPSA) is 99.4 Å². The summed E-state index contributed by atoms with van der Waals surface area (Å²) in [6, 6.07) is 15.7. The molecule has 2 N–H and O–H groups in total. The van der Waals surface area contributed by atoms with Crippen LogP contribution in [0.3, 0.4) is 0 Å². The summed E-state index contributed by atoms with van der Waals surface area (Å²) in [6.07, 6.45) is -0.369. The number of ether oxygens (including phenoxy) is 1. The van der Waals surface area contributed by atoms with Crippen molar-refractivity contribution >= 4 is 17.6 Å². The van der Waals surface area contributed by atoms with Gasteiger partial charge in [0, 0.05) is 12.1 Å². The zero-order valence-corrected chi connectivity index (χ0v) is 12.2. The molecule has 2 aromatic carbocycles. The summed E-state index contributed by atoms with van der Waals surface area (Å²) in [7, 11) is 0. The van der Waals surface area contributed by atoms with Gasteiger partial charge in [0.05, 0.1) is 12.0 Å². The van der Waals surface area contributed by atoms with Crippen LogP contribution in [0.15, 0.2) is 48.5 Å². The van der Waals surface area contributed by atoms with Crippen molar-refractivity contribution in [1.29, 1.82) is 5.26 Å². The third-order valence-corrected chi connectivity index (χ3v) is 2.92. The first-order chi connectivity index (χ1) is 11.1. The van der Waals surface area contributed by atoms with Crippen molar-refractivity contribution in [2.45, 2.75) is 12.8 Å². The quantitative estimate of drug-likeness (QED) is 0.853. The predicted octanol–water partition coefficient (Wildman–Crippen LogP) is 3.15. The summed E-state index contributed by atoms with van der Waals surface area (Å²) < 4.78 is 5.63. The van der Waals surface area contributed by atoms with Crippen molar-refractivity contribution in [3.05, 3.63) is 54.1 Å². The Kier molecular flexibility index (Phi) is 5.31. The number of para-hydroxylation sites is 1. The Morgan fingerprint density at radius 1 is 1.13 bits per heavy atom. The van der Waals surface area contributed by atoms with Crippen LogP contribution in [0.25, 0.3) is 0 Å². The van der Waals surface area contributed by atoms with Gasteiger partial charge in [-0.3, -0.25) is 9.59 Å². The number of amides is 1. The minimum Gasteiger partial charge on any atom is -0.481 e. The molecule has 6 heteroatoms. The number of rotatable bonds is 6. The van der Waals surface area contributed by atoms with Gasteiger partial charge in [0.25, 0.3) is 0 Å². The number of benzene rings is 2. The lowest BCUT2D eigenvalue weighted by Gasteiger charge is -2.10. The van der Waals surface area contributed by atoms with Crippen molar-refractivity contribution in [2.75, 3.05) is 5.32 Å². The molecule has 0 saturated carbocycles. The molecule has 0 aliphatic rings. The molecule has 6 nitrogen and oxygen atoms in total. The molecule has 116 valence electrons. The highest BCUT2D eigenvalue weighted by Gasteiger charge is 2.09. The van der Waals surface area contributed by atoms with Gasteiger partial charge < -0.3 is 15.2 Å². The van der Waals surface area contributed by atoms with Gasteiger partial charge in [-0.2, -0.15) is 5.26 Å². The maximum Gasteiger partial charge on any atom is 0.303 e. The first-order valence-electron chi connectivity index (χ1n) is 6.87. The van der Waals surface area contributed by atoms with Crippen LogP contribution in [0, 0.1) is 11.3 Å². The van der Waals surface area contributed by atoms with E-state index in [4.69, 9.17) is 9.84 Å². The van der Waals surface area contributed by atoms with Crippen molar-refractivity contribution in [1.82, 2.24) is 0 Å². The molecule has 0 heterocycles. The molecular formula is C17H14N2O4. The fourth-order valence-electron chi connectivity index (χ4n) is 1.84. The number of nitrogens with zero attached hydrogens (tertiary/aromatic N) is 1.